The molecule has 0 saturated carbocycles. The summed E-state index contributed by atoms with van der Waals surface area (Å²) in [4.78, 5) is 40.2. The van der Waals surface area contributed by atoms with E-state index >= 15 is 0 Å². The number of urea groups is 1. The van der Waals surface area contributed by atoms with E-state index in [1.165, 1.54) is 30.0 Å². The Bertz CT molecular complexity index is 1240. The highest BCUT2D eigenvalue weighted by Gasteiger charge is 2.43. The molecular formula is C26H33N3O7S. The van der Waals surface area contributed by atoms with Crippen LogP contribution in [0, 0.1) is 0 Å². The molecule has 37 heavy (non-hydrogen) atoms. The van der Waals surface area contributed by atoms with Crippen molar-refractivity contribution >= 4 is 33.7 Å². The van der Waals surface area contributed by atoms with E-state index in [-0.39, 0.29) is 18.3 Å². The van der Waals surface area contributed by atoms with Crippen molar-refractivity contribution in [3.8, 4) is 0 Å². The fraction of sp³-hybridized carbons (Fsp3) is 0.423. The number of esters is 1. The minimum absolute atomic E-state index is 0.285. The maximum absolute atomic E-state index is 13.3. The molecule has 0 radical (unpaired) electrons. The largest absolute Gasteiger partial charge is 0.458 e. The Kier molecular flexibility index (Phi) is 8.60. The number of hydrogen-bond donors (Lipinski definition) is 3. The highest BCUT2D eigenvalue weighted by Crippen LogP contribution is 2.37. The summed E-state index contributed by atoms with van der Waals surface area (Å²) in [6.07, 6.45) is 1.01. The number of rotatable bonds is 7. The van der Waals surface area contributed by atoms with Gasteiger partial charge in [-0.1, -0.05) is 42.5 Å². The molecule has 1 fully saturated rings. The Morgan fingerprint density at radius 1 is 1.08 bits per heavy atom. The highest BCUT2D eigenvalue weighted by molar-refractivity contribution is 7.86. The monoisotopic (exact) mass is 531 g/mol. The van der Waals surface area contributed by atoms with Gasteiger partial charge in [0.15, 0.2) is 0 Å². The van der Waals surface area contributed by atoms with E-state index in [9.17, 15) is 27.4 Å². The van der Waals surface area contributed by atoms with Gasteiger partial charge >= 0.3 is 12.0 Å². The van der Waals surface area contributed by atoms with Crippen LogP contribution >= 0.6 is 0 Å². The van der Waals surface area contributed by atoms with Crippen molar-refractivity contribution < 1.29 is 32.1 Å². The summed E-state index contributed by atoms with van der Waals surface area (Å²) in [7, 11) is -4.30. The predicted octanol–water partition coefficient (Wildman–Crippen LogP) is 3.83. The first-order chi connectivity index (χ1) is 17.3. The van der Waals surface area contributed by atoms with Gasteiger partial charge < -0.3 is 20.3 Å². The quantitative estimate of drug-likeness (QED) is 0.364. The third kappa shape index (κ3) is 7.53. The normalized spacial score (nSPS) is 18.7. The molecule has 1 saturated heterocycles. The van der Waals surface area contributed by atoms with Crippen LogP contribution in [0.3, 0.4) is 0 Å². The van der Waals surface area contributed by atoms with Gasteiger partial charge in [-0.2, -0.15) is 8.42 Å². The van der Waals surface area contributed by atoms with Crippen LogP contribution in [0.5, 0.6) is 0 Å². The Balaban J connectivity index is 1.71. The third-order valence-corrected chi connectivity index (χ3v) is 7.16. The van der Waals surface area contributed by atoms with Gasteiger partial charge in [-0.05, 0) is 63.8 Å². The number of benzene rings is 2. The molecule has 1 aliphatic heterocycles. The number of hydrogen-bond acceptors (Lipinski definition) is 6. The van der Waals surface area contributed by atoms with Crippen molar-refractivity contribution in [3.63, 3.8) is 0 Å². The second-order valence-corrected chi connectivity index (χ2v) is 11.7. The van der Waals surface area contributed by atoms with Crippen LogP contribution in [0.2, 0.25) is 0 Å². The molecule has 3 N–H and O–H groups in total. The second kappa shape index (κ2) is 11.3. The minimum atomic E-state index is -4.30. The Hall–Kier alpha value is -3.44. The number of amides is 3. The predicted molar refractivity (Wildman–Crippen MR) is 138 cm³/mol. The molecule has 0 aliphatic carbocycles. The van der Waals surface area contributed by atoms with Crippen molar-refractivity contribution in [1.29, 1.82) is 0 Å². The van der Waals surface area contributed by atoms with Crippen LogP contribution < -0.4 is 10.6 Å². The molecule has 3 rings (SSSR count). The number of anilines is 1. The van der Waals surface area contributed by atoms with Crippen LogP contribution in [0.1, 0.15) is 63.0 Å². The number of ether oxygens (including phenoxy) is 1. The fourth-order valence-corrected chi connectivity index (χ4v) is 4.72. The summed E-state index contributed by atoms with van der Waals surface area (Å²) < 4.78 is 37.7. The van der Waals surface area contributed by atoms with Crippen molar-refractivity contribution in [3.05, 3.63) is 65.7 Å². The average molecular weight is 532 g/mol. The molecule has 10 nitrogen and oxygen atoms in total. The van der Waals surface area contributed by atoms with Gasteiger partial charge in [-0.25, -0.2) is 9.59 Å². The minimum Gasteiger partial charge on any atom is -0.458 e. The first-order valence-electron chi connectivity index (χ1n) is 12.0. The fourth-order valence-electron chi connectivity index (χ4n) is 4.23. The number of likely N-dealkylation sites (tertiary alicyclic amines) is 1. The Morgan fingerprint density at radius 3 is 2.38 bits per heavy atom. The Labute approximate surface area is 217 Å². The molecule has 0 aromatic heterocycles. The van der Waals surface area contributed by atoms with Crippen LogP contribution in [0.4, 0.5) is 10.5 Å². The molecule has 11 heteroatoms. The Morgan fingerprint density at radius 2 is 1.76 bits per heavy atom. The zero-order valence-electron chi connectivity index (χ0n) is 21.3. The lowest BCUT2D eigenvalue weighted by Crippen LogP contribution is -2.48. The molecule has 2 aromatic carbocycles. The average Bonchev–Trinajstić information content (AvgIpc) is 3.27. The van der Waals surface area contributed by atoms with E-state index < -0.39 is 44.9 Å². The summed E-state index contributed by atoms with van der Waals surface area (Å²) in [6.45, 7) is 6.25. The molecule has 0 spiro atoms. The van der Waals surface area contributed by atoms with E-state index in [0.717, 1.165) is 5.56 Å². The second-order valence-electron chi connectivity index (χ2n) is 9.94. The molecule has 1 heterocycles. The molecule has 2 aromatic rings. The van der Waals surface area contributed by atoms with Gasteiger partial charge in [-0.3, -0.25) is 9.35 Å². The summed E-state index contributed by atoms with van der Waals surface area (Å²) in [5.41, 5.74) is 0.749. The smallest absolute Gasteiger partial charge is 0.329 e. The van der Waals surface area contributed by atoms with Crippen LogP contribution in [0.25, 0.3) is 0 Å². The lowest BCUT2D eigenvalue weighted by molar-refractivity contribution is -0.164. The maximum atomic E-state index is 13.3. The van der Waals surface area contributed by atoms with Crippen molar-refractivity contribution in [2.45, 2.75) is 63.5 Å². The zero-order chi connectivity index (χ0) is 27.4. The zero-order valence-corrected chi connectivity index (χ0v) is 22.1. The van der Waals surface area contributed by atoms with Crippen LogP contribution in [-0.4, -0.2) is 54.0 Å². The first kappa shape index (κ1) is 28.1. The molecule has 3 amide bonds. The van der Waals surface area contributed by atoms with E-state index in [4.69, 9.17) is 4.74 Å². The van der Waals surface area contributed by atoms with E-state index in [0.29, 0.717) is 18.4 Å². The number of carbonyl (C=O) groups excluding carboxylic acids is 3. The summed E-state index contributed by atoms with van der Waals surface area (Å²) >= 11 is 0. The molecule has 0 bridgehead atoms. The third-order valence-electron chi connectivity index (χ3n) is 6.00. The van der Waals surface area contributed by atoms with Gasteiger partial charge in [0.2, 0.25) is 5.91 Å². The molecule has 2 unspecified atom stereocenters. The number of nitrogens with one attached hydrogen (secondary N) is 2. The summed E-state index contributed by atoms with van der Waals surface area (Å²) in [5.74, 6) is -0.931. The standard InChI is InChI=1S/C26H33N3O7S/c1-17(37(33,34)35)19-11-8-12-20(15-19)28-25(32)27-16-23(30)29-21(18-9-6-5-7-10-18)13-14-22(29)24(31)36-26(2,3)4/h5-12,15,17,21-22H,13-14,16H2,1-4H3,(H2,27,28,32)(H,33,34,35)/t17-,21?,22?/m1/s1. The maximum Gasteiger partial charge on any atom is 0.329 e. The van der Waals surface area contributed by atoms with Gasteiger partial charge in [-0.15, -0.1) is 0 Å². The van der Waals surface area contributed by atoms with Crippen molar-refractivity contribution in [2.75, 3.05) is 11.9 Å². The number of nitrogens with zero attached hydrogens (tertiary/aromatic N) is 1. The van der Waals surface area contributed by atoms with E-state index in [1.54, 1.807) is 26.8 Å². The summed E-state index contributed by atoms with van der Waals surface area (Å²) in [5, 5.41) is 3.89. The first-order valence-corrected chi connectivity index (χ1v) is 13.5. The lowest BCUT2D eigenvalue weighted by Gasteiger charge is -2.31. The van der Waals surface area contributed by atoms with Gasteiger partial charge in [0.1, 0.15) is 16.9 Å². The lowest BCUT2D eigenvalue weighted by atomic mass is 10.0. The summed E-state index contributed by atoms with van der Waals surface area (Å²) in [6, 6.07) is 13.6. The van der Waals surface area contributed by atoms with Crippen molar-refractivity contribution in [1.82, 2.24) is 10.2 Å². The molecular weight excluding hydrogens is 498 g/mol. The highest BCUT2D eigenvalue weighted by atomic mass is 32.2. The van der Waals surface area contributed by atoms with E-state index in [2.05, 4.69) is 10.6 Å². The van der Waals surface area contributed by atoms with E-state index in [1.807, 2.05) is 30.3 Å². The topological polar surface area (TPSA) is 142 Å². The van der Waals surface area contributed by atoms with Gasteiger partial charge in [0.05, 0.1) is 12.6 Å². The molecule has 200 valence electrons. The van der Waals surface area contributed by atoms with Gasteiger partial charge in [0, 0.05) is 5.69 Å². The van der Waals surface area contributed by atoms with Gasteiger partial charge in [0.25, 0.3) is 10.1 Å². The van der Waals surface area contributed by atoms with Crippen molar-refractivity contribution in [2.24, 2.45) is 0 Å². The molecule has 3 atom stereocenters. The SMILES string of the molecule is C[C@H](c1cccc(NC(=O)NCC(=O)N2C(C(=O)OC(C)(C)C)CCC2c2ccccc2)c1)S(=O)(=O)O. The molecule has 1 aliphatic rings. The van der Waals surface area contributed by atoms with Crippen LogP contribution in [0.15, 0.2) is 54.6 Å². The van der Waals surface area contributed by atoms with Crippen LogP contribution in [-0.2, 0) is 24.4 Å². The number of carbonyl (C=O) groups is 3.